The van der Waals surface area contributed by atoms with Gasteiger partial charge < -0.3 is 9.84 Å². The van der Waals surface area contributed by atoms with Gasteiger partial charge in [-0.25, -0.2) is 14.6 Å². The summed E-state index contributed by atoms with van der Waals surface area (Å²) in [6, 6.07) is 2.84. The van der Waals surface area contributed by atoms with E-state index in [2.05, 4.69) is 4.98 Å². The Balaban J connectivity index is 2.52. The molecule has 1 N–H and O–H groups in total. The van der Waals surface area contributed by atoms with E-state index in [-0.39, 0.29) is 5.56 Å². The lowest BCUT2D eigenvalue weighted by Gasteiger charge is -2.19. The maximum atomic E-state index is 12.2. The van der Waals surface area contributed by atoms with Crippen LogP contribution in [0.4, 0.5) is 0 Å². The van der Waals surface area contributed by atoms with E-state index in [9.17, 15) is 9.59 Å². The second kappa shape index (κ2) is 4.63. The van der Waals surface area contributed by atoms with E-state index in [1.165, 1.54) is 22.7 Å². The lowest BCUT2D eigenvalue weighted by molar-refractivity contribution is 0.00607. The van der Waals surface area contributed by atoms with E-state index in [1.54, 1.807) is 27.7 Å². The molecule has 0 aliphatic carbocycles. The van der Waals surface area contributed by atoms with Gasteiger partial charge in [0, 0.05) is 6.20 Å². The quantitative estimate of drug-likeness (QED) is 0.851. The van der Waals surface area contributed by atoms with Gasteiger partial charge in [0.15, 0.2) is 5.69 Å². The Bertz CT molecular complexity index is 695. The molecule has 0 amide bonds. The van der Waals surface area contributed by atoms with Gasteiger partial charge >= 0.3 is 11.9 Å². The van der Waals surface area contributed by atoms with Crippen LogP contribution in [0.15, 0.2) is 18.3 Å². The molecule has 0 saturated heterocycles. The molecule has 20 heavy (non-hydrogen) atoms. The minimum absolute atomic E-state index is 0.123. The van der Waals surface area contributed by atoms with Crippen LogP contribution in [0.2, 0.25) is 0 Å². The van der Waals surface area contributed by atoms with Gasteiger partial charge in [-0.3, -0.25) is 4.40 Å². The average Bonchev–Trinajstić information content (AvgIpc) is 2.61. The van der Waals surface area contributed by atoms with E-state index in [0.29, 0.717) is 17.0 Å². The van der Waals surface area contributed by atoms with Crippen molar-refractivity contribution in [2.75, 3.05) is 0 Å². The number of hydrogen-bond acceptors (Lipinski definition) is 4. The number of carboxylic acids is 1. The van der Waals surface area contributed by atoms with Gasteiger partial charge in [0.2, 0.25) is 0 Å². The number of imidazole rings is 1. The highest BCUT2D eigenvalue weighted by Crippen LogP contribution is 2.18. The van der Waals surface area contributed by atoms with Crippen LogP contribution in [0.5, 0.6) is 0 Å². The molecule has 0 spiro atoms. The summed E-state index contributed by atoms with van der Waals surface area (Å²) in [6.45, 7) is 7.04. The van der Waals surface area contributed by atoms with Crippen LogP contribution in [0.25, 0.3) is 5.65 Å². The van der Waals surface area contributed by atoms with Crippen molar-refractivity contribution in [3.05, 3.63) is 35.3 Å². The number of carbonyl (C=O) groups is 2. The SMILES string of the molecule is Cc1nc2cc(C(=O)O)ccn2c1C(=O)OC(C)(C)C. The van der Waals surface area contributed by atoms with Gasteiger partial charge in [0.1, 0.15) is 11.2 Å². The first kappa shape index (κ1) is 14.0. The normalized spacial score (nSPS) is 11.6. The molecule has 0 fully saturated rings. The molecule has 0 bridgehead atoms. The third kappa shape index (κ3) is 2.64. The molecule has 0 aromatic carbocycles. The molecule has 2 aromatic rings. The van der Waals surface area contributed by atoms with Crippen molar-refractivity contribution in [1.82, 2.24) is 9.38 Å². The fourth-order valence-corrected chi connectivity index (χ4v) is 1.87. The minimum atomic E-state index is -1.04. The van der Waals surface area contributed by atoms with Crippen LogP contribution in [0.1, 0.15) is 47.3 Å². The van der Waals surface area contributed by atoms with E-state index in [0.717, 1.165) is 0 Å². The number of rotatable bonds is 2. The second-order valence-corrected chi connectivity index (χ2v) is 5.50. The van der Waals surface area contributed by atoms with E-state index in [4.69, 9.17) is 9.84 Å². The number of aromatic nitrogens is 2. The third-order valence-electron chi connectivity index (χ3n) is 2.64. The van der Waals surface area contributed by atoms with Gasteiger partial charge in [-0.2, -0.15) is 0 Å². The first-order valence-corrected chi connectivity index (χ1v) is 6.14. The van der Waals surface area contributed by atoms with Gasteiger partial charge in [-0.15, -0.1) is 0 Å². The zero-order valence-electron chi connectivity index (χ0n) is 11.8. The summed E-state index contributed by atoms with van der Waals surface area (Å²) in [5.74, 6) is -1.52. The number of aromatic carboxylic acids is 1. The Morgan fingerprint density at radius 2 is 2.00 bits per heavy atom. The number of carbonyl (C=O) groups excluding carboxylic acids is 1. The molecule has 2 rings (SSSR count). The summed E-state index contributed by atoms with van der Waals surface area (Å²) in [6.07, 6.45) is 1.51. The molecule has 0 atom stereocenters. The fraction of sp³-hybridized carbons (Fsp3) is 0.357. The number of aryl methyl sites for hydroxylation is 1. The van der Waals surface area contributed by atoms with Crippen LogP contribution in [-0.2, 0) is 4.74 Å². The van der Waals surface area contributed by atoms with E-state index < -0.39 is 17.5 Å². The largest absolute Gasteiger partial charge is 0.478 e. The van der Waals surface area contributed by atoms with Gasteiger partial charge in [-0.1, -0.05) is 0 Å². The standard InChI is InChI=1S/C14H16N2O4/c1-8-11(13(19)20-14(2,3)4)16-6-5-9(12(17)18)7-10(16)15-8/h5-7H,1-4H3,(H,17,18). The van der Waals surface area contributed by atoms with Crippen molar-refractivity contribution in [2.45, 2.75) is 33.3 Å². The number of ether oxygens (including phenoxy) is 1. The molecule has 2 aromatic heterocycles. The average molecular weight is 276 g/mol. The summed E-state index contributed by atoms with van der Waals surface area (Å²) in [7, 11) is 0. The third-order valence-corrected chi connectivity index (χ3v) is 2.64. The van der Waals surface area contributed by atoms with Crippen LogP contribution in [0, 0.1) is 6.92 Å². The van der Waals surface area contributed by atoms with Crippen LogP contribution in [-0.4, -0.2) is 32.0 Å². The highest BCUT2D eigenvalue weighted by molar-refractivity contribution is 5.92. The Hall–Kier alpha value is -2.37. The van der Waals surface area contributed by atoms with Crippen molar-refractivity contribution < 1.29 is 19.4 Å². The molecule has 0 radical (unpaired) electrons. The van der Waals surface area contributed by atoms with Crippen molar-refractivity contribution in [2.24, 2.45) is 0 Å². The molecule has 0 saturated carbocycles. The minimum Gasteiger partial charge on any atom is -0.478 e. The van der Waals surface area contributed by atoms with Gasteiger partial charge in [0.05, 0.1) is 11.3 Å². The monoisotopic (exact) mass is 276 g/mol. The van der Waals surface area contributed by atoms with Crippen LogP contribution < -0.4 is 0 Å². The molecule has 106 valence electrons. The van der Waals surface area contributed by atoms with Crippen molar-refractivity contribution in [3.8, 4) is 0 Å². The smallest absolute Gasteiger partial charge is 0.357 e. The number of esters is 1. The predicted molar refractivity (Wildman–Crippen MR) is 72.1 cm³/mol. The van der Waals surface area contributed by atoms with Crippen molar-refractivity contribution >= 4 is 17.6 Å². The lowest BCUT2D eigenvalue weighted by Crippen LogP contribution is -2.25. The molecular formula is C14H16N2O4. The molecule has 2 heterocycles. The Labute approximate surface area is 116 Å². The summed E-state index contributed by atoms with van der Waals surface area (Å²) < 4.78 is 6.87. The molecule has 6 heteroatoms. The Kier molecular flexibility index (Phi) is 3.25. The highest BCUT2D eigenvalue weighted by Gasteiger charge is 2.23. The molecule has 0 aliphatic heterocycles. The Morgan fingerprint density at radius 1 is 1.35 bits per heavy atom. The molecular weight excluding hydrogens is 260 g/mol. The summed E-state index contributed by atoms with van der Waals surface area (Å²) >= 11 is 0. The predicted octanol–water partition coefficient (Wildman–Crippen LogP) is 2.30. The fourth-order valence-electron chi connectivity index (χ4n) is 1.87. The highest BCUT2D eigenvalue weighted by atomic mass is 16.6. The summed E-state index contributed by atoms with van der Waals surface area (Å²) in [5.41, 5.74) is 0.740. The number of fused-ring (bicyclic) bond motifs is 1. The summed E-state index contributed by atoms with van der Waals surface area (Å²) in [5, 5.41) is 8.95. The number of carboxylic acid groups (broad SMARTS) is 1. The van der Waals surface area contributed by atoms with Crippen LogP contribution >= 0.6 is 0 Å². The van der Waals surface area contributed by atoms with E-state index in [1.807, 2.05) is 0 Å². The first-order valence-electron chi connectivity index (χ1n) is 6.14. The number of nitrogens with zero attached hydrogens (tertiary/aromatic N) is 2. The van der Waals surface area contributed by atoms with Gasteiger partial charge in [-0.05, 0) is 39.8 Å². The van der Waals surface area contributed by atoms with Crippen molar-refractivity contribution in [1.29, 1.82) is 0 Å². The van der Waals surface area contributed by atoms with E-state index >= 15 is 0 Å². The lowest BCUT2D eigenvalue weighted by atomic mass is 10.2. The summed E-state index contributed by atoms with van der Waals surface area (Å²) in [4.78, 5) is 27.3. The molecule has 6 nitrogen and oxygen atoms in total. The van der Waals surface area contributed by atoms with Crippen LogP contribution in [0.3, 0.4) is 0 Å². The van der Waals surface area contributed by atoms with Gasteiger partial charge in [0.25, 0.3) is 0 Å². The zero-order valence-corrected chi connectivity index (χ0v) is 11.8. The maximum Gasteiger partial charge on any atom is 0.357 e. The Morgan fingerprint density at radius 3 is 2.55 bits per heavy atom. The first-order chi connectivity index (χ1) is 9.19. The topological polar surface area (TPSA) is 80.9 Å². The number of hydrogen-bond donors (Lipinski definition) is 1. The maximum absolute atomic E-state index is 12.2. The molecule has 0 aliphatic rings. The zero-order chi connectivity index (χ0) is 15.1. The molecule has 0 unspecified atom stereocenters. The number of pyridine rings is 1. The van der Waals surface area contributed by atoms with Crippen molar-refractivity contribution in [3.63, 3.8) is 0 Å². The second-order valence-electron chi connectivity index (χ2n) is 5.50.